The molecule has 0 atom stereocenters. The van der Waals surface area contributed by atoms with Gasteiger partial charge >= 0.3 is 6.09 Å². The van der Waals surface area contributed by atoms with Gasteiger partial charge in [-0.3, -0.25) is 0 Å². The maximum Gasteiger partial charge on any atom is 0.410 e. The van der Waals surface area contributed by atoms with Crippen LogP contribution >= 0.6 is 11.6 Å². The van der Waals surface area contributed by atoms with Crippen LogP contribution in [0.5, 0.6) is 0 Å². The third-order valence-corrected chi connectivity index (χ3v) is 7.18. The lowest BCUT2D eigenvalue weighted by Crippen LogP contribution is -2.41. The quantitative estimate of drug-likeness (QED) is 0.299. The number of nitrogens with one attached hydrogen (secondary N) is 1. The van der Waals surface area contributed by atoms with Gasteiger partial charge in [0.05, 0.1) is 10.7 Å². The Hall–Kier alpha value is -3.58. The number of piperidine rings is 1. The van der Waals surface area contributed by atoms with Crippen molar-refractivity contribution in [3.8, 4) is 11.3 Å². The maximum absolute atomic E-state index is 12.5. The Kier molecular flexibility index (Phi) is 7.30. The zero-order chi connectivity index (χ0) is 26.9. The topological polar surface area (TPSA) is 74.4 Å². The van der Waals surface area contributed by atoms with E-state index in [1.54, 1.807) is 11.1 Å². The minimum absolute atomic E-state index is 0.241. The molecule has 38 heavy (non-hydrogen) atoms. The van der Waals surface area contributed by atoms with E-state index in [1.807, 2.05) is 64.2 Å². The Bertz CT molecular complexity index is 1420. The number of likely N-dealkylation sites (tertiary alicyclic amines) is 1. The summed E-state index contributed by atoms with van der Waals surface area (Å²) < 4.78 is 5.55. The molecule has 1 N–H and O–H groups in total. The van der Waals surface area contributed by atoms with Gasteiger partial charge in [-0.1, -0.05) is 41.9 Å². The second-order valence-corrected chi connectivity index (χ2v) is 11.3. The largest absolute Gasteiger partial charge is 0.444 e. The van der Waals surface area contributed by atoms with Gasteiger partial charge in [0.25, 0.3) is 0 Å². The number of amides is 1. The Morgan fingerprint density at radius 2 is 1.87 bits per heavy atom. The number of fused-ring (bicyclic) bond motifs is 1. The van der Waals surface area contributed by atoms with Crippen LogP contribution in [-0.4, -0.2) is 51.7 Å². The number of benzene rings is 1. The van der Waals surface area contributed by atoms with Crippen LogP contribution < -0.4 is 4.90 Å². The molecule has 1 aromatic carbocycles. The SMILES string of the molecule is CN(Cc1ccccc1)c1ccc(Cl)c(-c2ccnc3[nH]c(C4CCN(C(=O)OC(C)(C)C)CC4)cc23)n1. The van der Waals surface area contributed by atoms with Crippen molar-refractivity contribution in [2.75, 3.05) is 25.0 Å². The fourth-order valence-corrected chi connectivity index (χ4v) is 5.15. The molecule has 4 heterocycles. The highest BCUT2D eigenvalue weighted by atomic mass is 35.5. The molecule has 1 amide bonds. The number of aromatic amines is 1. The highest BCUT2D eigenvalue weighted by molar-refractivity contribution is 6.33. The van der Waals surface area contributed by atoms with Crippen molar-refractivity contribution in [1.82, 2.24) is 19.9 Å². The lowest BCUT2D eigenvalue weighted by Gasteiger charge is -2.33. The van der Waals surface area contributed by atoms with Gasteiger partial charge in [0, 0.05) is 55.4 Å². The predicted octanol–water partition coefficient (Wildman–Crippen LogP) is 7.03. The normalized spacial score (nSPS) is 14.6. The molecule has 3 aromatic heterocycles. The minimum Gasteiger partial charge on any atom is -0.444 e. The van der Waals surface area contributed by atoms with Gasteiger partial charge in [-0.2, -0.15) is 0 Å². The van der Waals surface area contributed by atoms with Crippen LogP contribution in [0.2, 0.25) is 5.02 Å². The summed E-state index contributed by atoms with van der Waals surface area (Å²) in [4.78, 5) is 29.5. The first-order valence-electron chi connectivity index (χ1n) is 13.1. The van der Waals surface area contributed by atoms with Gasteiger partial charge < -0.3 is 19.5 Å². The number of pyridine rings is 2. The molecule has 0 spiro atoms. The molecule has 1 aliphatic rings. The summed E-state index contributed by atoms with van der Waals surface area (Å²) in [7, 11) is 2.03. The summed E-state index contributed by atoms with van der Waals surface area (Å²) in [5.74, 6) is 1.16. The first-order valence-corrected chi connectivity index (χ1v) is 13.4. The van der Waals surface area contributed by atoms with E-state index in [9.17, 15) is 4.79 Å². The summed E-state index contributed by atoms with van der Waals surface area (Å²) in [5.41, 5.74) is 4.35. The van der Waals surface area contributed by atoms with Crippen molar-refractivity contribution in [2.24, 2.45) is 0 Å². The summed E-state index contributed by atoms with van der Waals surface area (Å²) in [6.07, 6.45) is 3.27. The standard InChI is InChI=1S/C30H34ClN5O2/c1-30(2,3)38-29(37)36-16-13-21(14-17-36)25-18-23-22(12-15-32-28(23)33-25)27-24(31)10-11-26(34-27)35(4)19-20-8-6-5-7-9-20/h5-12,15,18,21H,13-14,16-17,19H2,1-4H3,(H,32,33). The molecular weight excluding hydrogens is 498 g/mol. The number of carbonyl (C=O) groups excluding carboxylic acids is 1. The highest BCUT2D eigenvalue weighted by Crippen LogP contribution is 2.36. The Morgan fingerprint density at radius 3 is 2.58 bits per heavy atom. The minimum atomic E-state index is -0.490. The van der Waals surface area contributed by atoms with E-state index in [0.29, 0.717) is 24.0 Å². The van der Waals surface area contributed by atoms with Gasteiger partial charge in [0.2, 0.25) is 0 Å². The molecule has 8 heteroatoms. The smallest absolute Gasteiger partial charge is 0.410 e. The molecule has 7 nitrogen and oxygen atoms in total. The zero-order valence-electron chi connectivity index (χ0n) is 22.4. The van der Waals surface area contributed by atoms with Crippen LogP contribution in [0.3, 0.4) is 0 Å². The second kappa shape index (κ2) is 10.7. The Balaban J connectivity index is 1.37. The van der Waals surface area contributed by atoms with Crippen LogP contribution in [0, 0.1) is 0 Å². The molecule has 4 aromatic rings. The zero-order valence-corrected chi connectivity index (χ0v) is 23.1. The number of hydrogen-bond donors (Lipinski definition) is 1. The van der Waals surface area contributed by atoms with Crippen LogP contribution in [0.4, 0.5) is 10.6 Å². The van der Waals surface area contributed by atoms with Crippen molar-refractivity contribution in [2.45, 2.75) is 51.7 Å². The monoisotopic (exact) mass is 531 g/mol. The molecule has 0 saturated carbocycles. The van der Waals surface area contributed by atoms with Crippen LogP contribution in [-0.2, 0) is 11.3 Å². The summed E-state index contributed by atoms with van der Waals surface area (Å²) in [6.45, 7) is 7.76. The first kappa shape index (κ1) is 26.0. The fourth-order valence-electron chi connectivity index (χ4n) is 4.94. The van der Waals surface area contributed by atoms with Crippen LogP contribution in [0.25, 0.3) is 22.3 Å². The molecule has 1 fully saturated rings. The van der Waals surface area contributed by atoms with Crippen molar-refractivity contribution >= 4 is 34.5 Å². The number of ether oxygens (including phenoxy) is 1. The van der Waals surface area contributed by atoms with E-state index in [0.717, 1.165) is 53.2 Å². The predicted molar refractivity (Wildman–Crippen MR) is 153 cm³/mol. The average Bonchev–Trinajstić information content (AvgIpc) is 3.33. The van der Waals surface area contributed by atoms with Gasteiger partial charge in [0.1, 0.15) is 17.1 Å². The first-order chi connectivity index (χ1) is 18.2. The van der Waals surface area contributed by atoms with Crippen molar-refractivity contribution in [1.29, 1.82) is 0 Å². The van der Waals surface area contributed by atoms with Gasteiger partial charge in [-0.15, -0.1) is 0 Å². The van der Waals surface area contributed by atoms with Crippen molar-refractivity contribution in [3.63, 3.8) is 0 Å². The van der Waals surface area contributed by atoms with E-state index in [-0.39, 0.29) is 6.09 Å². The van der Waals surface area contributed by atoms with Gasteiger partial charge in [0.15, 0.2) is 0 Å². The maximum atomic E-state index is 12.5. The number of aromatic nitrogens is 3. The number of carbonyl (C=O) groups is 1. The molecule has 1 aliphatic heterocycles. The molecule has 198 valence electrons. The average molecular weight is 532 g/mol. The van der Waals surface area contributed by atoms with Crippen molar-refractivity contribution < 1.29 is 9.53 Å². The lowest BCUT2D eigenvalue weighted by molar-refractivity contribution is 0.0204. The number of halogens is 1. The lowest BCUT2D eigenvalue weighted by atomic mass is 9.93. The van der Waals surface area contributed by atoms with E-state index < -0.39 is 5.60 Å². The molecule has 0 aliphatic carbocycles. The highest BCUT2D eigenvalue weighted by Gasteiger charge is 2.28. The molecular formula is C30H34ClN5O2. The third kappa shape index (κ3) is 5.78. The number of nitrogens with zero attached hydrogens (tertiary/aromatic N) is 4. The Labute approximate surface area is 228 Å². The van der Waals surface area contributed by atoms with Crippen molar-refractivity contribution in [3.05, 3.63) is 77.1 Å². The van der Waals surface area contributed by atoms with Gasteiger partial charge in [-0.05, 0) is 63.4 Å². The molecule has 0 bridgehead atoms. The summed E-state index contributed by atoms with van der Waals surface area (Å²) in [5, 5.41) is 1.59. The van der Waals surface area contributed by atoms with E-state index in [4.69, 9.17) is 21.3 Å². The molecule has 0 unspecified atom stereocenters. The van der Waals surface area contributed by atoms with E-state index in [2.05, 4.69) is 33.1 Å². The summed E-state index contributed by atoms with van der Waals surface area (Å²) in [6, 6.07) is 18.3. The van der Waals surface area contributed by atoms with E-state index in [1.165, 1.54) is 5.56 Å². The molecule has 5 rings (SSSR count). The van der Waals surface area contributed by atoms with E-state index >= 15 is 0 Å². The van der Waals surface area contributed by atoms with Crippen LogP contribution in [0.1, 0.15) is 50.8 Å². The fraction of sp³-hybridized carbons (Fsp3) is 0.367. The molecule has 1 saturated heterocycles. The summed E-state index contributed by atoms with van der Waals surface area (Å²) >= 11 is 6.68. The van der Waals surface area contributed by atoms with Gasteiger partial charge in [-0.25, -0.2) is 14.8 Å². The number of H-pyrrole nitrogens is 1. The second-order valence-electron chi connectivity index (χ2n) is 10.9. The number of hydrogen-bond acceptors (Lipinski definition) is 5. The Morgan fingerprint density at radius 1 is 1.13 bits per heavy atom. The number of anilines is 1. The molecule has 0 radical (unpaired) electrons. The van der Waals surface area contributed by atoms with Crippen LogP contribution in [0.15, 0.2) is 60.8 Å². The number of rotatable bonds is 5. The third-order valence-electron chi connectivity index (χ3n) is 6.88.